The van der Waals surface area contributed by atoms with Crippen molar-refractivity contribution < 1.29 is 9.18 Å². The smallest absolute Gasteiger partial charge is 0.182 e. The monoisotopic (exact) mass is 281 g/mol. The van der Waals surface area contributed by atoms with Crippen molar-refractivity contribution in [2.45, 2.75) is 19.3 Å². The predicted molar refractivity (Wildman–Crippen MR) is 69.8 cm³/mol. The lowest BCUT2D eigenvalue weighted by atomic mass is 10.0. The number of benzene rings is 1. The van der Waals surface area contributed by atoms with Crippen LogP contribution in [0.25, 0.3) is 10.6 Å². The van der Waals surface area contributed by atoms with Crippen LogP contribution in [0.4, 0.5) is 4.39 Å². The van der Waals surface area contributed by atoms with Gasteiger partial charge in [0.05, 0.1) is 5.02 Å². The number of Topliss-reactive ketones (excluding diaryl/α,β-unsaturated/α-hetero) is 1. The van der Waals surface area contributed by atoms with Gasteiger partial charge in [0.25, 0.3) is 0 Å². The largest absolute Gasteiger partial charge is 0.292 e. The topological polar surface area (TPSA) is 30.0 Å². The van der Waals surface area contributed by atoms with Gasteiger partial charge in [-0.15, -0.1) is 11.3 Å². The molecule has 1 aromatic carbocycles. The molecule has 2 aromatic rings. The van der Waals surface area contributed by atoms with Gasteiger partial charge >= 0.3 is 0 Å². The maximum atomic E-state index is 13.1. The first kappa shape index (κ1) is 11.8. The van der Waals surface area contributed by atoms with E-state index in [9.17, 15) is 9.18 Å². The SMILES string of the molecule is O=C1CCCc2sc(-c3ccc(F)c(Cl)c3)nc21. The van der Waals surface area contributed by atoms with Crippen LogP contribution in [0.1, 0.15) is 28.2 Å². The second kappa shape index (κ2) is 4.44. The number of ketones is 1. The molecule has 0 amide bonds. The minimum absolute atomic E-state index is 0.0759. The molecule has 0 saturated heterocycles. The molecule has 18 heavy (non-hydrogen) atoms. The number of hydrogen-bond donors (Lipinski definition) is 0. The zero-order valence-corrected chi connectivity index (χ0v) is 10.9. The maximum Gasteiger partial charge on any atom is 0.182 e. The molecule has 0 aliphatic heterocycles. The van der Waals surface area contributed by atoms with Gasteiger partial charge in [0.2, 0.25) is 0 Å². The van der Waals surface area contributed by atoms with Gasteiger partial charge < -0.3 is 0 Å². The molecule has 1 aliphatic carbocycles. The molecular weight excluding hydrogens is 273 g/mol. The Balaban J connectivity index is 2.07. The lowest BCUT2D eigenvalue weighted by molar-refractivity contribution is 0.0968. The summed E-state index contributed by atoms with van der Waals surface area (Å²) < 4.78 is 13.1. The fourth-order valence-corrected chi connectivity index (χ4v) is 3.32. The molecule has 0 fully saturated rings. The van der Waals surface area contributed by atoms with Crippen molar-refractivity contribution in [3.63, 3.8) is 0 Å². The number of aryl methyl sites for hydroxylation is 1. The number of hydrogen-bond acceptors (Lipinski definition) is 3. The van der Waals surface area contributed by atoms with Crippen molar-refractivity contribution in [3.05, 3.63) is 39.6 Å². The second-order valence-corrected chi connectivity index (χ2v) is 5.69. The van der Waals surface area contributed by atoms with E-state index in [1.165, 1.54) is 17.4 Å². The first-order valence-electron chi connectivity index (χ1n) is 5.63. The summed E-state index contributed by atoms with van der Waals surface area (Å²) in [5, 5.41) is 0.809. The minimum Gasteiger partial charge on any atom is -0.292 e. The molecular formula is C13H9ClFNOS. The van der Waals surface area contributed by atoms with E-state index in [0.29, 0.717) is 12.1 Å². The van der Waals surface area contributed by atoms with Crippen LogP contribution in [-0.4, -0.2) is 10.8 Å². The molecule has 0 radical (unpaired) electrons. The Kier molecular flexibility index (Phi) is 2.92. The summed E-state index contributed by atoms with van der Waals surface area (Å²) in [6.45, 7) is 0. The van der Waals surface area contributed by atoms with Crippen LogP contribution in [0.15, 0.2) is 18.2 Å². The van der Waals surface area contributed by atoms with E-state index in [4.69, 9.17) is 11.6 Å². The lowest BCUT2D eigenvalue weighted by Crippen LogP contribution is -2.08. The molecule has 5 heteroatoms. The van der Waals surface area contributed by atoms with Crippen LogP contribution in [0.3, 0.4) is 0 Å². The average Bonchev–Trinajstić information content (AvgIpc) is 2.78. The fraction of sp³-hybridized carbons (Fsp3) is 0.231. The first-order valence-corrected chi connectivity index (χ1v) is 6.83. The summed E-state index contributed by atoms with van der Waals surface area (Å²) in [5.74, 6) is -0.343. The van der Waals surface area contributed by atoms with E-state index in [2.05, 4.69) is 4.98 Å². The average molecular weight is 282 g/mol. The third-order valence-electron chi connectivity index (χ3n) is 2.94. The number of thiazole rings is 1. The third-order valence-corrected chi connectivity index (χ3v) is 4.39. The van der Waals surface area contributed by atoms with E-state index in [-0.39, 0.29) is 10.8 Å². The molecule has 3 rings (SSSR count). The highest BCUT2D eigenvalue weighted by Crippen LogP contribution is 2.33. The Morgan fingerprint density at radius 3 is 2.89 bits per heavy atom. The summed E-state index contributed by atoms with van der Waals surface area (Å²) >= 11 is 7.25. The number of halogens is 2. The van der Waals surface area contributed by atoms with Gasteiger partial charge in [-0.2, -0.15) is 0 Å². The molecule has 0 bridgehead atoms. The number of carbonyl (C=O) groups is 1. The van der Waals surface area contributed by atoms with E-state index in [1.807, 2.05) is 0 Å². The van der Waals surface area contributed by atoms with E-state index in [1.54, 1.807) is 12.1 Å². The molecule has 0 spiro atoms. The van der Waals surface area contributed by atoms with Crippen molar-refractivity contribution in [1.82, 2.24) is 4.98 Å². The minimum atomic E-state index is -0.446. The molecule has 0 unspecified atom stereocenters. The van der Waals surface area contributed by atoms with Gasteiger partial charge in [0, 0.05) is 16.9 Å². The van der Waals surface area contributed by atoms with Crippen LogP contribution >= 0.6 is 22.9 Å². The molecule has 0 saturated carbocycles. The number of carbonyl (C=O) groups excluding carboxylic acids is 1. The van der Waals surface area contributed by atoms with Gasteiger partial charge in [0.1, 0.15) is 16.5 Å². The molecule has 0 N–H and O–H groups in total. The lowest BCUT2D eigenvalue weighted by Gasteiger charge is -2.06. The van der Waals surface area contributed by atoms with Crippen LogP contribution < -0.4 is 0 Å². The van der Waals surface area contributed by atoms with Crippen molar-refractivity contribution in [2.75, 3.05) is 0 Å². The van der Waals surface area contributed by atoms with Gasteiger partial charge in [-0.3, -0.25) is 4.79 Å². The zero-order chi connectivity index (χ0) is 12.7. The Morgan fingerprint density at radius 1 is 1.33 bits per heavy atom. The highest BCUT2D eigenvalue weighted by molar-refractivity contribution is 7.15. The second-order valence-electron chi connectivity index (χ2n) is 4.20. The van der Waals surface area contributed by atoms with Crippen molar-refractivity contribution >= 4 is 28.7 Å². The third kappa shape index (κ3) is 1.95. The standard InChI is InChI=1S/C13H9ClFNOS/c14-8-6-7(4-5-9(8)15)13-16-12-10(17)2-1-3-11(12)18-13/h4-6H,1-3H2. The normalized spacial score (nSPS) is 14.7. The van der Waals surface area contributed by atoms with Crippen LogP contribution in [0, 0.1) is 5.82 Å². The van der Waals surface area contributed by atoms with Crippen LogP contribution in [0.5, 0.6) is 0 Å². The van der Waals surface area contributed by atoms with E-state index in [0.717, 1.165) is 28.3 Å². The number of rotatable bonds is 1. The van der Waals surface area contributed by atoms with Crippen LogP contribution in [-0.2, 0) is 6.42 Å². The molecule has 1 aromatic heterocycles. The van der Waals surface area contributed by atoms with E-state index < -0.39 is 5.82 Å². The fourth-order valence-electron chi connectivity index (χ4n) is 2.02. The molecule has 1 heterocycles. The highest BCUT2D eigenvalue weighted by atomic mass is 35.5. The summed E-state index contributed by atoms with van der Waals surface area (Å²) in [4.78, 5) is 17.1. The van der Waals surface area contributed by atoms with Crippen molar-refractivity contribution in [1.29, 1.82) is 0 Å². The molecule has 92 valence electrons. The zero-order valence-electron chi connectivity index (χ0n) is 9.37. The quantitative estimate of drug-likeness (QED) is 0.787. The summed E-state index contributed by atoms with van der Waals surface area (Å²) in [5.41, 5.74) is 1.34. The molecule has 0 atom stereocenters. The Morgan fingerprint density at radius 2 is 2.17 bits per heavy atom. The summed E-state index contributed by atoms with van der Waals surface area (Å²) in [7, 11) is 0. The highest BCUT2D eigenvalue weighted by Gasteiger charge is 2.22. The summed E-state index contributed by atoms with van der Waals surface area (Å²) in [6.07, 6.45) is 2.35. The number of nitrogens with zero attached hydrogens (tertiary/aromatic N) is 1. The van der Waals surface area contributed by atoms with Gasteiger partial charge in [-0.25, -0.2) is 9.37 Å². The van der Waals surface area contributed by atoms with Crippen molar-refractivity contribution in [3.8, 4) is 10.6 Å². The van der Waals surface area contributed by atoms with Gasteiger partial charge in [-0.05, 0) is 31.0 Å². The van der Waals surface area contributed by atoms with E-state index >= 15 is 0 Å². The summed E-state index contributed by atoms with van der Waals surface area (Å²) in [6, 6.07) is 4.50. The number of aromatic nitrogens is 1. The van der Waals surface area contributed by atoms with Gasteiger partial charge in [0.15, 0.2) is 5.78 Å². The Labute approximate surface area is 112 Å². The van der Waals surface area contributed by atoms with Gasteiger partial charge in [-0.1, -0.05) is 11.6 Å². The maximum absolute atomic E-state index is 13.1. The predicted octanol–water partition coefficient (Wildman–Crippen LogP) is 4.12. The first-order chi connectivity index (χ1) is 8.65. The Bertz CT molecular complexity index is 638. The molecule has 1 aliphatic rings. The number of fused-ring (bicyclic) bond motifs is 1. The van der Waals surface area contributed by atoms with Crippen LogP contribution in [0.2, 0.25) is 5.02 Å². The Hall–Kier alpha value is -1.26. The molecule has 2 nitrogen and oxygen atoms in total. The van der Waals surface area contributed by atoms with Crippen molar-refractivity contribution in [2.24, 2.45) is 0 Å².